The van der Waals surface area contributed by atoms with Crippen LogP contribution in [0.4, 0.5) is 0 Å². The molecule has 0 aromatic heterocycles. The number of methoxy groups -OCH3 is 1. The Kier molecular flexibility index (Phi) is 3.34. The average Bonchev–Trinajstić information content (AvgIpc) is 2.47. The molecular formula is C15H20N4O. The number of nitrogens with two attached hydrogens (primary N) is 1. The Morgan fingerprint density at radius 2 is 1.80 bits per heavy atom. The van der Waals surface area contributed by atoms with Crippen LogP contribution in [0, 0.1) is 0 Å². The van der Waals surface area contributed by atoms with E-state index in [1.54, 1.807) is 7.11 Å². The van der Waals surface area contributed by atoms with E-state index in [1.807, 2.05) is 24.3 Å². The van der Waals surface area contributed by atoms with Crippen molar-refractivity contribution in [2.45, 2.75) is 37.8 Å². The van der Waals surface area contributed by atoms with E-state index in [0.717, 1.165) is 42.8 Å². The highest BCUT2D eigenvalue weighted by Crippen LogP contribution is 2.34. The van der Waals surface area contributed by atoms with Gasteiger partial charge in [-0.3, -0.25) is 0 Å². The second-order valence-corrected chi connectivity index (χ2v) is 5.35. The highest BCUT2D eigenvalue weighted by atomic mass is 16.5. The van der Waals surface area contributed by atoms with E-state index in [2.05, 4.69) is 10.3 Å². The fourth-order valence-electron chi connectivity index (χ4n) is 2.86. The van der Waals surface area contributed by atoms with Gasteiger partial charge < -0.3 is 15.8 Å². The van der Waals surface area contributed by atoms with Crippen molar-refractivity contribution in [1.82, 2.24) is 5.32 Å². The molecule has 3 rings (SSSR count). The zero-order valence-electron chi connectivity index (χ0n) is 11.7. The Morgan fingerprint density at radius 1 is 1.10 bits per heavy atom. The number of nitrogens with one attached hydrogen (secondary N) is 1. The molecule has 106 valence electrons. The van der Waals surface area contributed by atoms with E-state index >= 15 is 0 Å². The van der Waals surface area contributed by atoms with E-state index < -0.39 is 0 Å². The number of amidine groups is 1. The van der Waals surface area contributed by atoms with Gasteiger partial charge in [-0.05, 0) is 49.9 Å². The standard InChI is InChI=1S/C15H20N4O/c1-20-12-7-5-11(6-8-12)13-17-14(16)19-15(18-13)9-3-2-4-10-15/h5-8H,2-4,9-10H2,1H3,(H3,16,17,18,19). The van der Waals surface area contributed by atoms with Crippen molar-refractivity contribution in [3.05, 3.63) is 29.8 Å². The maximum absolute atomic E-state index is 5.96. The summed E-state index contributed by atoms with van der Waals surface area (Å²) in [6.07, 6.45) is 5.55. The van der Waals surface area contributed by atoms with Crippen molar-refractivity contribution in [3.63, 3.8) is 0 Å². The molecule has 1 heterocycles. The normalized spacial score (nSPS) is 20.9. The zero-order chi connectivity index (χ0) is 14.0. The van der Waals surface area contributed by atoms with Gasteiger partial charge in [-0.15, -0.1) is 0 Å². The number of rotatable bonds is 2. The predicted octanol–water partition coefficient (Wildman–Crippen LogP) is 2.02. The molecule has 0 saturated heterocycles. The van der Waals surface area contributed by atoms with Gasteiger partial charge >= 0.3 is 0 Å². The number of hydrogen-bond donors (Lipinski definition) is 2. The van der Waals surface area contributed by atoms with Crippen LogP contribution >= 0.6 is 0 Å². The first-order chi connectivity index (χ1) is 9.71. The first-order valence-corrected chi connectivity index (χ1v) is 7.07. The number of benzene rings is 1. The lowest BCUT2D eigenvalue weighted by Crippen LogP contribution is -2.47. The van der Waals surface area contributed by atoms with Crippen molar-refractivity contribution >= 4 is 11.8 Å². The summed E-state index contributed by atoms with van der Waals surface area (Å²) in [6, 6.07) is 7.82. The summed E-state index contributed by atoms with van der Waals surface area (Å²) < 4.78 is 5.18. The Bertz CT molecular complexity index is 541. The molecule has 5 nitrogen and oxygen atoms in total. The summed E-state index contributed by atoms with van der Waals surface area (Å²) in [7, 11) is 1.66. The first-order valence-electron chi connectivity index (χ1n) is 7.07. The van der Waals surface area contributed by atoms with E-state index in [-0.39, 0.29) is 5.66 Å². The Labute approximate surface area is 118 Å². The molecule has 5 heteroatoms. The third-order valence-electron chi connectivity index (χ3n) is 3.91. The van der Waals surface area contributed by atoms with Crippen LogP contribution in [0.5, 0.6) is 5.75 Å². The van der Waals surface area contributed by atoms with Crippen molar-refractivity contribution in [2.75, 3.05) is 7.11 Å². The molecule has 1 aliphatic heterocycles. The topological polar surface area (TPSA) is 72.0 Å². The number of guanidine groups is 1. The van der Waals surface area contributed by atoms with Gasteiger partial charge in [-0.1, -0.05) is 6.42 Å². The molecule has 1 aromatic rings. The summed E-state index contributed by atoms with van der Waals surface area (Å²) in [5, 5.41) is 3.08. The molecule has 1 spiro atoms. The van der Waals surface area contributed by atoms with Gasteiger partial charge in [-0.2, -0.15) is 0 Å². The second-order valence-electron chi connectivity index (χ2n) is 5.35. The van der Waals surface area contributed by atoms with Gasteiger partial charge in [0.25, 0.3) is 0 Å². The maximum atomic E-state index is 5.96. The first kappa shape index (κ1) is 13.0. The fourth-order valence-corrected chi connectivity index (χ4v) is 2.86. The third kappa shape index (κ3) is 2.48. The zero-order valence-corrected chi connectivity index (χ0v) is 11.7. The average molecular weight is 272 g/mol. The van der Waals surface area contributed by atoms with Gasteiger partial charge in [0.1, 0.15) is 11.6 Å². The molecule has 0 unspecified atom stereocenters. The van der Waals surface area contributed by atoms with Gasteiger partial charge in [0.2, 0.25) is 0 Å². The molecule has 1 aromatic carbocycles. The summed E-state index contributed by atoms with van der Waals surface area (Å²) in [4.78, 5) is 9.40. The molecule has 3 N–H and O–H groups in total. The summed E-state index contributed by atoms with van der Waals surface area (Å²) in [6.45, 7) is 0. The predicted molar refractivity (Wildman–Crippen MR) is 80.1 cm³/mol. The lowest BCUT2D eigenvalue weighted by Gasteiger charge is -2.34. The maximum Gasteiger partial charge on any atom is 0.196 e. The quantitative estimate of drug-likeness (QED) is 0.865. The largest absolute Gasteiger partial charge is 0.497 e. The van der Waals surface area contributed by atoms with Gasteiger partial charge in [0.15, 0.2) is 11.6 Å². The molecule has 20 heavy (non-hydrogen) atoms. The Morgan fingerprint density at radius 3 is 2.45 bits per heavy atom. The molecule has 0 radical (unpaired) electrons. The monoisotopic (exact) mass is 272 g/mol. The molecule has 0 atom stereocenters. The van der Waals surface area contributed by atoms with E-state index in [4.69, 9.17) is 15.5 Å². The lowest BCUT2D eigenvalue weighted by molar-refractivity contribution is 0.307. The summed E-state index contributed by atoms with van der Waals surface area (Å²) >= 11 is 0. The van der Waals surface area contributed by atoms with Gasteiger partial charge in [-0.25, -0.2) is 9.98 Å². The number of nitrogens with zero attached hydrogens (tertiary/aromatic N) is 2. The number of aliphatic imine (C=N–C) groups is 2. The van der Waals surface area contributed by atoms with E-state index in [1.165, 1.54) is 6.42 Å². The van der Waals surface area contributed by atoms with Gasteiger partial charge in [0.05, 0.1) is 7.11 Å². The van der Waals surface area contributed by atoms with Crippen LogP contribution in [0.25, 0.3) is 0 Å². The Hall–Kier alpha value is -2.04. The minimum absolute atomic E-state index is 0.344. The second kappa shape index (κ2) is 5.15. The smallest absolute Gasteiger partial charge is 0.196 e. The van der Waals surface area contributed by atoms with Gasteiger partial charge in [0, 0.05) is 5.56 Å². The molecule has 0 bridgehead atoms. The number of ether oxygens (including phenoxy) is 1. The van der Waals surface area contributed by atoms with Crippen LogP contribution in [0.1, 0.15) is 37.7 Å². The van der Waals surface area contributed by atoms with Crippen molar-refractivity contribution in [3.8, 4) is 5.75 Å². The lowest BCUT2D eigenvalue weighted by atomic mass is 9.89. The van der Waals surface area contributed by atoms with Crippen LogP contribution < -0.4 is 15.8 Å². The van der Waals surface area contributed by atoms with Crippen LogP contribution in [-0.4, -0.2) is 24.6 Å². The van der Waals surface area contributed by atoms with Crippen molar-refractivity contribution in [1.29, 1.82) is 0 Å². The minimum Gasteiger partial charge on any atom is -0.497 e. The van der Waals surface area contributed by atoms with Crippen LogP contribution in [0.3, 0.4) is 0 Å². The SMILES string of the molecule is COc1ccc(C2=NC3(CCCCC3)N=C(N)N2)cc1. The molecular weight excluding hydrogens is 252 g/mol. The highest BCUT2D eigenvalue weighted by molar-refractivity contribution is 6.09. The fraction of sp³-hybridized carbons (Fsp3) is 0.467. The minimum atomic E-state index is -0.344. The molecule has 1 saturated carbocycles. The highest BCUT2D eigenvalue weighted by Gasteiger charge is 2.34. The summed E-state index contributed by atoms with van der Waals surface area (Å²) in [5.41, 5.74) is 6.62. The molecule has 1 fully saturated rings. The molecule has 1 aliphatic carbocycles. The van der Waals surface area contributed by atoms with Crippen LogP contribution in [-0.2, 0) is 0 Å². The molecule has 0 amide bonds. The third-order valence-corrected chi connectivity index (χ3v) is 3.91. The van der Waals surface area contributed by atoms with Crippen molar-refractivity contribution < 1.29 is 4.74 Å². The van der Waals surface area contributed by atoms with E-state index in [9.17, 15) is 0 Å². The van der Waals surface area contributed by atoms with Crippen LogP contribution in [0.2, 0.25) is 0 Å². The number of hydrogen-bond acceptors (Lipinski definition) is 5. The summed E-state index contributed by atoms with van der Waals surface area (Å²) in [5.74, 6) is 2.11. The van der Waals surface area contributed by atoms with Crippen molar-refractivity contribution in [2.24, 2.45) is 15.7 Å². The Balaban J connectivity index is 1.91. The van der Waals surface area contributed by atoms with Crippen LogP contribution in [0.15, 0.2) is 34.3 Å². The molecule has 2 aliphatic rings. The van der Waals surface area contributed by atoms with E-state index in [0.29, 0.717) is 5.96 Å².